The average Bonchev–Trinajstić information content (AvgIpc) is 2.75. The lowest BCUT2D eigenvalue weighted by molar-refractivity contribution is -0.130. The second kappa shape index (κ2) is 13.8. The number of carbonyl (C=O) groups excluding carboxylic acids is 5. The summed E-state index contributed by atoms with van der Waals surface area (Å²) in [6, 6.07) is 5.86. The highest BCUT2D eigenvalue weighted by Crippen LogP contribution is 2.11. The SMILES string of the molecule is CNCC(=O)NC(C(=O)NCC(=O)Nc1ccc(COC(=O)N(C)CC=O)cc1)C(C)C. The standard InChI is InChI=1S/C21H31N5O6/c1-14(2)19(25-17(28)11-22-3)20(30)23-12-18(29)24-16-7-5-15(6-8-16)13-32-21(31)26(4)9-10-27/h5-8,10,14,19,22H,9,11-13H2,1-4H3,(H,23,30)(H,24,29)(H,25,28). The summed E-state index contributed by atoms with van der Waals surface area (Å²) in [6.45, 7) is 3.38. The molecule has 0 aromatic heterocycles. The van der Waals surface area contributed by atoms with Gasteiger partial charge < -0.3 is 35.7 Å². The molecule has 11 nitrogen and oxygen atoms in total. The van der Waals surface area contributed by atoms with Crippen LogP contribution in [0.5, 0.6) is 0 Å². The predicted octanol–water partition coefficient (Wildman–Crippen LogP) is -0.131. The number of likely N-dealkylation sites (N-methyl/N-ethyl adjacent to an activating group) is 2. The van der Waals surface area contributed by atoms with E-state index in [1.165, 1.54) is 7.05 Å². The highest BCUT2D eigenvalue weighted by atomic mass is 16.6. The maximum Gasteiger partial charge on any atom is 0.410 e. The Labute approximate surface area is 187 Å². The van der Waals surface area contributed by atoms with E-state index >= 15 is 0 Å². The van der Waals surface area contributed by atoms with Gasteiger partial charge in [-0.15, -0.1) is 0 Å². The molecule has 0 heterocycles. The fraction of sp³-hybridized carbons (Fsp3) is 0.476. The monoisotopic (exact) mass is 449 g/mol. The van der Waals surface area contributed by atoms with Crippen LogP contribution in [0.15, 0.2) is 24.3 Å². The minimum atomic E-state index is -0.753. The zero-order valence-electron chi connectivity index (χ0n) is 18.8. The van der Waals surface area contributed by atoms with E-state index in [0.29, 0.717) is 17.5 Å². The molecule has 1 rings (SSSR count). The molecule has 1 atom stereocenters. The number of benzene rings is 1. The molecule has 0 aliphatic carbocycles. The van der Waals surface area contributed by atoms with Crippen LogP contribution in [0.2, 0.25) is 0 Å². The molecule has 0 aliphatic heterocycles. The first-order chi connectivity index (χ1) is 15.2. The van der Waals surface area contributed by atoms with Crippen molar-refractivity contribution in [2.24, 2.45) is 5.92 Å². The van der Waals surface area contributed by atoms with Crippen LogP contribution in [0.3, 0.4) is 0 Å². The highest BCUT2D eigenvalue weighted by Gasteiger charge is 2.24. The minimum absolute atomic E-state index is 0.0160. The van der Waals surface area contributed by atoms with Crippen molar-refractivity contribution >= 4 is 35.8 Å². The number of hydrogen-bond acceptors (Lipinski definition) is 7. The molecule has 0 aliphatic rings. The van der Waals surface area contributed by atoms with Gasteiger partial charge in [0.05, 0.1) is 19.6 Å². The number of amides is 4. The Morgan fingerprint density at radius 2 is 1.72 bits per heavy atom. The van der Waals surface area contributed by atoms with Gasteiger partial charge in [0.15, 0.2) is 0 Å². The first-order valence-corrected chi connectivity index (χ1v) is 10.1. The summed E-state index contributed by atoms with van der Waals surface area (Å²) in [4.78, 5) is 59.4. The van der Waals surface area contributed by atoms with Gasteiger partial charge in [0.2, 0.25) is 17.7 Å². The van der Waals surface area contributed by atoms with Crippen LogP contribution in [-0.2, 0) is 30.5 Å². The molecule has 4 N–H and O–H groups in total. The molecule has 1 aromatic rings. The Kier molecular flexibility index (Phi) is 11.4. The summed E-state index contributed by atoms with van der Waals surface area (Å²) in [7, 11) is 3.08. The lowest BCUT2D eigenvalue weighted by Crippen LogP contribution is -2.52. The van der Waals surface area contributed by atoms with Crippen molar-refractivity contribution < 1.29 is 28.7 Å². The van der Waals surface area contributed by atoms with Crippen LogP contribution in [0, 0.1) is 5.92 Å². The van der Waals surface area contributed by atoms with Crippen LogP contribution in [0.1, 0.15) is 19.4 Å². The van der Waals surface area contributed by atoms with Gasteiger partial charge >= 0.3 is 6.09 Å². The largest absolute Gasteiger partial charge is 0.445 e. The van der Waals surface area contributed by atoms with Crippen LogP contribution >= 0.6 is 0 Å². The molecular formula is C21H31N5O6. The molecule has 0 fully saturated rings. The summed E-state index contributed by atoms with van der Waals surface area (Å²) >= 11 is 0. The molecule has 176 valence electrons. The maximum absolute atomic E-state index is 12.4. The number of carbonyl (C=O) groups is 5. The van der Waals surface area contributed by atoms with Crippen molar-refractivity contribution in [3.05, 3.63) is 29.8 Å². The second-order valence-electron chi connectivity index (χ2n) is 7.38. The topological polar surface area (TPSA) is 146 Å². The van der Waals surface area contributed by atoms with Crippen LogP contribution in [-0.4, -0.2) is 74.8 Å². The van der Waals surface area contributed by atoms with Gasteiger partial charge in [-0.1, -0.05) is 26.0 Å². The first-order valence-electron chi connectivity index (χ1n) is 10.1. The third-order valence-corrected chi connectivity index (χ3v) is 4.29. The molecular weight excluding hydrogens is 418 g/mol. The summed E-state index contributed by atoms with van der Waals surface area (Å²) in [5.74, 6) is -1.35. The summed E-state index contributed by atoms with van der Waals surface area (Å²) in [6.07, 6.45) is -0.0171. The molecule has 0 bridgehead atoms. The van der Waals surface area contributed by atoms with Crippen LogP contribution in [0.4, 0.5) is 10.5 Å². The lowest BCUT2D eigenvalue weighted by Gasteiger charge is -2.21. The minimum Gasteiger partial charge on any atom is -0.445 e. The summed E-state index contributed by atoms with van der Waals surface area (Å²) in [5.41, 5.74) is 1.20. The smallest absolute Gasteiger partial charge is 0.410 e. The molecule has 4 amide bonds. The molecule has 0 saturated heterocycles. The third-order valence-electron chi connectivity index (χ3n) is 4.29. The van der Waals surface area contributed by atoms with Gasteiger partial charge in [0.25, 0.3) is 0 Å². The van der Waals surface area contributed by atoms with Gasteiger partial charge in [-0.3, -0.25) is 14.4 Å². The van der Waals surface area contributed by atoms with E-state index in [4.69, 9.17) is 4.74 Å². The van der Waals surface area contributed by atoms with E-state index in [9.17, 15) is 24.0 Å². The molecule has 0 radical (unpaired) electrons. The maximum atomic E-state index is 12.4. The molecule has 0 spiro atoms. The van der Waals surface area contributed by atoms with Crippen molar-refractivity contribution in [3.63, 3.8) is 0 Å². The van der Waals surface area contributed by atoms with E-state index in [0.717, 1.165) is 4.90 Å². The van der Waals surface area contributed by atoms with E-state index in [1.807, 2.05) is 0 Å². The van der Waals surface area contributed by atoms with E-state index in [2.05, 4.69) is 21.3 Å². The molecule has 0 saturated carbocycles. The molecule has 11 heteroatoms. The number of rotatable bonds is 12. The Bertz CT molecular complexity index is 796. The van der Waals surface area contributed by atoms with Crippen molar-refractivity contribution in [1.29, 1.82) is 0 Å². The number of anilines is 1. The number of hydrogen-bond donors (Lipinski definition) is 4. The second-order valence-corrected chi connectivity index (χ2v) is 7.38. The summed E-state index contributed by atoms with van der Waals surface area (Å²) in [5, 5.41) is 10.5. The van der Waals surface area contributed by atoms with Crippen molar-refractivity contribution in [2.75, 3.05) is 39.0 Å². The average molecular weight is 450 g/mol. The number of aldehydes is 1. The van der Waals surface area contributed by atoms with Gasteiger partial charge in [-0.05, 0) is 30.7 Å². The highest BCUT2D eigenvalue weighted by molar-refractivity contribution is 5.96. The van der Waals surface area contributed by atoms with Gasteiger partial charge in [0.1, 0.15) is 18.9 Å². The van der Waals surface area contributed by atoms with Crippen LogP contribution in [0.25, 0.3) is 0 Å². The zero-order valence-corrected chi connectivity index (χ0v) is 18.8. The normalized spacial score (nSPS) is 11.3. The molecule has 1 unspecified atom stereocenters. The predicted molar refractivity (Wildman–Crippen MR) is 118 cm³/mol. The van der Waals surface area contributed by atoms with Gasteiger partial charge in [-0.2, -0.15) is 0 Å². The van der Waals surface area contributed by atoms with Crippen LogP contribution < -0.4 is 21.3 Å². The first kappa shape index (κ1) is 26.6. The third kappa shape index (κ3) is 9.56. The van der Waals surface area contributed by atoms with Gasteiger partial charge in [0, 0.05) is 12.7 Å². The Hall–Kier alpha value is -3.47. The Morgan fingerprint density at radius 3 is 2.28 bits per heavy atom. The fourth-order valence-corrected chi connectivity index (χ4v) is 2.53. The Balaban J connectivity index is 2.50. The number of nitrogens with zero attached hydrogens (tertiary/aromatic N) is 1. The van der Waals surface area contributed by atoms with Gasteiger partial charge in [-0.25, -0.2) is 4.79 Å². The number of nitrogens with one attached hydrogen (secondary N) is 4. The van der Waals surface area contributed by atoms with E-state index in [-0.39, 0.29) is 38.1 Å². The van der Waals surface area contributed by atoms with Crippen molar-refractivity contribution in [2.45, 2.75) is 26.5 Å². The molecule has 1 aromatic carbocycles. The Morgan fingerprint density at radius 1 is 1.06 bits per heavy atom. The quantitative estimate of drug-likeness (QED) is 0.325. The lowest BCUT2D eigenvalue weighted by atomic mass is 10.0. The fourth-order valence-electron chi connectivity index (χ4n) is 2.53. The molecule has 32 heavy (non-hydrogen) atoms. The van der Waals surface area contributed by atoms with E-state index < -0.39 is 23.9 Å². The van der Waals surface area contributed by atoms with E-state index in [1.54, 1.807) is 45.2 Å². The van der Waals surface area contributed by atoms with Crippen molar-refractivity contribution in [3.8, 4) is 0 Å². The number of ether oxygens (including phenoxy) is 1. The zero-order chi connectivity index (χ0) is 24.1. The van der Waals surface area contributed by atoms with Crippen molar-refractivity contribution in [1.82, 2.24) is 20.9 Å². The summed E-state index contributed by atoms with van der Waals surface area (Å²) < 4.78 is 5.07.